The van der Waals surface area contributed by atoms with Gasteiger partial charge in [0.25, 0.3) is 0 Å². The molecule has 1 aromatic carbocycles. The van der Waals surface area contributed by atoms with Crippen LogP contribution in [0.1, 0.15) is 51.3 Å². The number of rotatable bonds is 9. The number of nitrogens with zero attached hydrogens (tertiary/aromatic N) is 2. The van der Waals surface area contributed by atoms with Crippen molar-refractivity contribution in [3.63, 3.8) is 0 Å². The molecule has 0 bridgehead atoms. The number of amides is 2. The maximum absolute atomic E-state index is 15.1. The molecule has 1 aliphatic carbocycles. The van der Waals surface area contributed by atoms with Crippen molar-refractivity contribution in [1.82, 2.24) is 5.16 Å². The van der Waals surface area contributed by atoms with Gasteiger partial charge in [0, 0.05) is 25.1 Å². The molecule has 0 saturated heterocycles. The fraction of sp³-hybridized carbons (Fsp3) is 0.522. The number of halogens is 1. The van der Waals surface area contributed by atoms with Crippen molar-refractivity contribution >= 4 is 29.3 Å². The molecule has 0 unspecified atom stereocenters. The molecular formula is C23H31FN4O4. The molecule has 2 aromatic rings. The first-order chi connectivity index (χ1) is 15.0. The van der Waals surface area contributed by atoms with Crippen LogP contribution < -0.4 is 15.5 Å². The Morgan fingerprint density at radius 1 is 1.19 bits per heavy atom. The molecule has 0 radical (unpaired) electrons. The van der Waals surface area contributed by atoms with Crippen LogP contribution in [0.4, 0.5) is 26.4 Å². The number of nitrogens with one attached hydrogen (secondary N) is 2. The molecule has 1 saturated carbocycles. The van der Waals surface area contributed by atoms with E-state index in [0.29, 0.717) is 54.0 Å². The number of carbonyl (C=O) groups excluding carboxylic acids is 1. The van der Waals surface area contributed by atoms with Gasteiger partial charge in [0.05, 0.1) is 23.0 Å². The van der Waals surface area contributed by atoms with Gasteiger partial charge >= 0.3 is 12.0 Å². The maximum atomic E-state index is 15.1. The van der Waals surface area contributed by atoms with E-state index in [-0.39, 0.29) is 5.88 Å². The molecule has 3 rings (SSSR count). The number of benzene rings is 1. The number of carbonyl (C=O) groups is 2. The van der Waals surface area contributed by atoms with Gasteiger partial charge in [0.15, 0.2) is 0 Å². The second-order valence-corrected chi connectivity index (χ2v) is 9.28. The first kappa shape index (κ1) is 23.6. The fourth-order valence-electron chi connectivity index (χ4n) is 3.88. The van der Waals surface area contributed by atoms with E-state index < -0.39 is 29.7 Å². The summed E-state index contributed by atoms with van der Waals surface area (Å²) in [7, 11) is 0. The van der Waals surface area contributed by atoms with Gasteiger partial charge in [-0.15, -0.1) is 0 Å². The van der Waals surface area contributed by atoms with Crippen LogP contribution in [0.15, 0.2) is 22.7 Å². The molecule has 8 nitrogen and oxygen atoms in total. The van der Waals surface area contributed by atoms with E-state index in [1.165, 1.54) is 6.07 Å². The van der Waals surface area contributed by atoms with Crippen LogP contribution >= 0.6 is 0 Å². The summed E-state index contributed by atoms with van der Waals surface area (Å²) in [6.45, 7) is 11.4. The minimum atomic E-state index is -0.937. The molecule has 3 N–H and O–H groups in total. The van der Waals surface area contributed by atoms with Gasteiger partial charge in [-0.1, -0.05) is 32.9 Å². The van der Waals surface area contributed by atoms with E-state index in [2.05, 4.69) is 48.4 Å². The zero-order chi connectivity index (χ0) is 23.6. The van der Waals surface area contributed by atoms with E-state index in [1.807, 2.05) is 0 Å². The first-order valence-corrected chi connectivity index (χ1v) is 10.9. The van der Waals surface area contributed by atoms with Crippen molar-refractivity contribution in [2.24, 2.45) is 17.8 Å². The molecular weight excluding hydrogens is 415 g/mol. The lowest BCUT2D eigenvalue weighted by atomic mass is 10.0. The minimum Gasteiger partial charge on any atom is -0.481 e. The van der Waals surface area contributed by atoms with E-state index in [4.69, 9.17) is 4.52 Å². The van der Waals surface area contributed by atoms with Crippen LogP contribution in [-0.4, -0.2) is 35.4 Å². The normalized spacial score (nSPS) is 17.5. The first-order valence-electron chi connectivity index (χ1n) is 10.9. The summed E-state index contributed by atoms with van der Waals surface area (Å²) >= 11 is 0. The van der Waals surface area contributed by atoms with Gasteiger partial charge in [-0.2, -0.15) is 0 Å². The van der Waals surface area contributed by atoms with Gasteiger partial charge in [0.2, 0.25) is 5.88 Å². The highest BCUT2D eigenvalue weighted by Gasteiger charge is 2.45. The third kappa shape index (κ3) is 5.77. The molecule has 1 heterocycles. The largest absolute Gasteiger partial charge is 0.481 e. The van der Waals surface area contributed by atoms with Crippen LogP contribution in [0.5, 0.6) is 0 Å². The summed E-state index contributed by atoms with van der Waals surface area (Å²) in [5, 5.41) is 18.4. The van der Waals surface area contributed by atoms with E-state index in [1.54, 1.807) is 19.1 Å². The van der Waals surface area contributed by atoms with Crippen LogP contribution in [0.2, 0.25) is 0 Å². The molecule has 9 heteroatoms. The molecule has 1 aromatic heterocycles. The van der Waals surface area contributed by atoms with Crippen molar-refractivity contribution in [3.8, 4) is 0 Å². The van der Waals surface area contributed by atoms with Crippen molar-refractivity contribution in [2.45, 2.75) is 47.0 Å². The number of aromatic nitrogens is 1. The summed E-state index contributed by atoms with van der Waals surface area (Å²) in [6.07, 6.45) is 0.385. The van der Waals surface area contributed by atoms with Gasteiger partial charge in [-0.05, 0) is 42.9 Å². The van der Waals surface area contributed by atoms with Crippen LogP contribution in [0, 0.1) is 30.5 Å². The minimum absolute atomic E-state index is 0.193. The van der Waals surface area contributed by atoms with Gasteiger partial charge < -0.3 is 19.8 Å². The fourth-order valence-corrected chi connectivity index (χ4v) is 3.88. The maximum Gasteiger partial charge on any atom is 0.326 e. The number of carboxylic acid groups (broad SMARTS) is 1. The molecule has 2 amide bonds. The monoisotopic (exact) mass is 446 g/mol. The third-order valence-corrected chi connectivity index (χ3v) is 5.25. The number of aryl methyl sites for hydroxylation is 1. The van der Waals surface area contributed by atoms with E-state index in [0.717, 1.165) is 0 Å². The van der Waals surface area contributed by atoms with Crippen molar-refractivity contribution < 1.29 is 23.6 Å². The number of anilines is 3. The Hall–Kier alpha value is -3.10. The molecule has 1 aliphatic rings. The standard InChI is InChI=1S/C23H31FN4O4/c1-12(2)10-28(11-13(3)4)20-9-18(24)16(15-7-17(15)22(29)30)8-19(20)25-23(31)26-21-6-14(5)27-32-21/h6,8-9,12-13,15,17H,7,10-11H2,1-5H3,(H,29,30)(H2,25,26,31)/t15-,17-/m0/s1. The summed E-state index contributed by atoms with van der Waals surface area (Å²) < 4.78 is 20.1. The van der Waals surface area contributed by atoms with Gasteiger partial charge in [0.1, 0.15) is 5.82 Å². The third-order valence-electron chi connectivity index (χ3n) is 5.25. The number of carboxylic acids is 1. The summed E-state index contributed by atoms with van der Waals surface area (Å²) in [5.41, 5.74) is 1.91. The highest BCUT2D eigenvalue weighted by Crippen LogP contribution is 2.50. The predicted octanol–water partition coefficient (Wildman–Crippen LogP) is 5.07. The zero-order valence-corrected chi connectivity index (χ0v) is 19.1. The average molecular weight is 447 g/mol. The SMILES string of the molecule is Cc1cc(NC(=O)Nc2cc([C@@H]3C[C@@H]3C(=O)O)c(F)cc2N(CC(C)C)CC(C)C)on1. The van der Waals surface area contributed by atoms with Crippen molar-refractivity contribution in [3.05, 3.63) is 35.3 Å². The van der Waals surface area contributed by atoms with Gasteiger partial charge in [-0.3, -0.25) is 10.1 Å². The lowest BCUT2D eigenvalue weighted by molar-refractivity contribution is -0.138. The van der Waals surface area contributed by atoms with Crippen LogP contribution in [-0.2, 0) is 4.79 Å². The molecule has 2 atom stereocenters. The molecule has 0 spiro atoms. The molecule has 32 heavy (non-hydrogen) atoms. The Morgan fingerprint density at radius 2 is 1.84 bits per heavy atom. The van der Waals surface area contributed by atoms with E-state index in [9.17, 15) is 14.7 Å². The number of urea groups is 1. The predicted molar refractivity (Wildman–Crippen MR) is 121 cm³/mol. The van der Waals surface area contributed by atoms with Crippen molar-refractivity contribution in [1.29, 1.82) is 0 Å². The Balaban J connectivity index is 1.95. The lowest BCUT2D eigenvalue weighted by Gasteiger charge is -2.31. The number of aliphatic carboxylic acids is 1. The highest BCUT2D eigenvalue weighted by atomic mass is 19.1. The zero-order valence-electron chi connectivity index (χ0n) is 19.1. The van der Waals surface area contributed by atoms with Crippen LogP contribution in [0.3, 0.4) is 0 Å². The summed E-state index contributed by atoms with van der Waals surface area (Å²) in [4.78, 5) is 26.0. The Labute approximate surface area is 187 Å². The van der Waals surface area contributed by atoms with Crippen LogP contribution in [0.25, 0.3) is 0 Å². The topological polar surface area (TPSA) is 108 Å². The van der Waals surface area contributed by atoms with E-state index >= 15 is 4.39 Å². The Bertz CT molecular complexity index is 978. The van der Waals surface area contributed by atoms with Gasteiger partial charge in [-0.25, -0.2) is 9.18 Å². The average Bonchev–Trinajstić information content (AvgIpc) is 3.37. The highest BCUT2D eigenvalue weighted by molar-refractivity contribution is 6.01. The Kier molecular flexibility index (Phi) is 7.06. The quantitative estimate of drug-likeness (QED) is 0.496. The van der Waals surface area contributed by atoms with Crippen molar-refractivity contribution in [2.75, 3.05) is 28.6 Å². The molecule has 174 valence electrons. The summed E-state index contributed by atoms with van der Waals surface area (Å²) in [6, 6.07) is 4.00. The Morgan fingerprint density at radius 3 is 2.34 bits per heavy atom. The second kappa shape index (κ2) is 9.58. The number of hydrogen-bond donors (Lipinski definition) is 3. The molecule has 0 aliphatic heterocycles. The second-order valence-electron chi connectivity index (χ2n) is 9.28. The number of hydrogen-bond acceptors (Lipinski definition) is 5. The smallest absolute Gasteiger partial charge is 0.326 e. The summed E-state index contributed by atoms with van der Waals surface area (Å²) in [5.74, 6) is -1.57. The lowest BCUT2D eigenvalue weighted by Crippen LogP contribution is -2.33. The molecule has 1 fully saturated rings.